The minimum absolute atomic E-state index is 0.196. The molecule has 1 aromatic carbocycles. The Labute approximate surface area is 174 Å². The Balaban J connectivity index is 1.89. The monoisotopic (exact) mass is 463 g/mol. The summed E-state index contributed by atoms with van der Waals surface area (Å²) >= 11 is -0.250. The summed E-state index contributed by atoms with van der Waals surface area (Å²) in [7, 11) is 2.52. The van der Waals surface area contributed by atoms with Crippen molar-refractivity contribution in [2.24, 2.45) is 5.41 Å². The van der Waals surface area contributed by atoms with Gasteiger partial charge < -0.3 is 0 Å². The van der Waals surface area contributed by atoms with Crippen LogP contribution in [0.3, 0.4) is 0 Å². The second kappa shape index (κ2) is 8.76. The molecule has 1 heterocycles. The molecule has 0 aliphatic heterocycles. The Bertz CT molecular complexity index is 942. The van der Waals surface area contributed by atoms with Gasteiger partial charge in [-0.3, -0.25) is 0 Å². The van der Waals surface area contributed by atoms with Crippen LogP contribution < -0.4 is 9.05 Å². The van der Waals surface area contributed by atoms with Crippen molar-refractivity contribution >= 4 is 41.9 Å². The summed E-state index contributed by atoms with van der Waals surface area (Å²) in [5.41, 5.74) is 0.831. The molecule has 0 radical (unpaired) electrons. The summed E-state index contributed by atoms with van der Waals surface area (Å²) in [6.45, 7) is 2.07. The number of pyridine rings is 1. The van der Waals surface area contributed by atoms with Gasteiger partial charge in [0.25, 0.3) is 0 Å². The Kier molecular flexibility index (Phi) is 6.35. The van der Waals surface area contributed by atoms with Gasteiger partial charge in [-0.2, -0.15) is 0 Å². The van der Waals surface area contributed by atoms with Crippen molar-refractivity contribution in [3.63, 3.8) is 0 Å². The molecule has 1 aromatic heterocycles. The number of ether oxygens (including phenoxy) is 3. The zero-order valence-corrected chi connectivity index (χ0v) is 18.1. The Morgan fingerprint density at radius 1 is 1.07 bits per heavy atom. The molecule has 0 N–H and O–H groups in total. The zero-order chi connectivity index (χ0) is 21.0. The number of benzene rings is 1. The van der Waals surface area contributed by atoms with E-state index in [1.54, 1.807) is 25.3 Å². The Hall–Kier alpha value is -2.70. The molecule has 7 nitrogen and oxygen atoms in total. The van der Waals surface area contributed by atoms with Crippen molar-refractivity contribution in [2.45, 2.75) is 19.8 Å². The van der Waals surface area contributed by atoms with Crippen molar-refractivity contribution in [1.82, 2.24) is 4.98 Å². The predicted octanol–water partition coefficient (Wildman–Crippen LogP) is 0.344. The normalized spacial score (nSPS) is 14.0. The fraction of sp³-hybridized carbons (Fsp3) is 0.333. The van der Waals surface area contributed by atoms with Gasteiger partial charge in [-0.05, 0) is 0 Å². The molecule has 0 saturated carbocycles. The molecule has 3 rings (SSSR count). The average Bonchev–Trinajstić information content (AvgIpc) is 3.13. The first kappa shape index (κ1) is 21.0. The molecule has 0 fully saturated rings. The molecule has 0 amide bonds. The van der Waals surface area contributed by atoms with Crippen LogP contribution >= 0.6 is 0 Å². The third-order valence-electron chi connectivity index (χ3n) is 4.79. The van der Waals surface area contributed by atoms with Gasteiger partial charge in [0, 0.05) is 0 Å². The number of rotatable bonds is 6. The van der Waals surface area contributed by atoms with Crippen LogP contribution in [0.4, 0.5) is 0 Å². The molecule has 0 atom stereocenters. The van der Waals surface area contributed by atoms with Crippen molar-refractivity contribution < 1.29 is 28.6 Å². The fourth-order valence-electron chi connectivity index (χ4n) is 3.40. The number of methoxy groups -OCH3 is 2. The predicted molar refractivity (Wildman–Crippen MR) is 106 cm³/mol. The van der Waals surface area contributed by atoms with E-state index in [4.69, 9.17) is 14.2 Å². The van der Waals surface area contributed by atoms with Gasteiger partial charge in [-0.25, -0.2) is 0 Å². The third kappa shape index (κ3) is 4.04. The van der Waals surface area contributed by atoms with E-state index in [-0.39, 0.29) is 33.8 Å². The Morgan fingerprint density at radius 2 is 1.72 bits per heavy atom. The molecular formula is C21H21NO6Se. The minimum atomic E-state index is -1.37. The summed E-state index contributed by atoms with van der Waals surface area (Å²) < 4.78 is 16.5. The van der Waals surface area contributed by atoms with Crippen LogP contribution in [0.2, 0.25) is 0 Å². The molecular weight excluding hydrogens is 441 g/mol. The van der Waals surface area contributed by atoms with E-state index in [1.165, 1.54) is 14.2 Å². The van der Waals surface area contributed by atoms with E-state index >= 15 is 0 Å². The van der Waals surface area contributed by atoms with Crippen LogP contribution in [0, 0.1) is 5.41 Å². The van der Waals surface area contributed by atoms with Crippen LogP contribution in [-0.4, -0.2) is 58.7 Å². The summed E-state index contributed by atoms with van der Waals surface area (Å²) in [5, 5.41) is 0. The summed E-state index contributed by atoms with van der Waals surface area (Å²) in [6.07, 6.45) is 2.08. The van der Waals surface area contributed by atoms with Crippen LogP contribution in [0.5, 0.6) is 0 Å². The van der Waals surface area contributed by atoms with Gasteiger partial charge in [0.1, 0.15) is 0 Å². The molecule has 1 aliphatic carbocycles. The molecule has 0 unspecified atom stereocenters. The molecule has 0 bridgehead atoms. The van der Waals surface area contributed by atoms with E-state index in [0.29, 0.717) is 12.2 Å². The number of hydrogen-bond acceptors (Lipinski definition) is 7. The third-order valence-corrected chi connectivity index (χ3v) is 6.91. The zero-order valence-electron chi connectivity index (χ0n) is 16.4. The number of esters is 3. The van der Waals surface area contributed by atoms with Crippen molar-refractivity contribution in [1.29, 1.82) is 0 Å². The second-order valence-corrected chi connectivity index (χ2v) is 8.76. The van der Waals surface area contributed by atoms with Gasteiger partial charge in [-0.15, -0.1) is 0 Å². The summed E-state index contributed by atoms with van der Waals surface area (Å²) in [4.78, 5) is 41.5. The van der Waals surface area contributed by atoms with Gasteiger partial charge in [0.05, 0.1) is 0 Å². The molecule has 29 heavy (non-hydrogen) atoms. The van der Waals surface area contributed by atoms with Crippen molar-refractivity contribution in [3.8, 4) is 0 Å². The maximum absolute atomic E-state index is 12.4. The standard InChI is InChI=1S/C21H21NO6Se/c1-4-28-18(23)15-7-5-6-8-16(15)29-17-9-13-10-21(19(24)26-2,20(25)27-3)11-14(13)12-22-17/h5-9,12H,4,10-11H2,1-3H3. The first-order valence-electron chi connectivity index (χ1n) is 9.03. The first-order valence-corrected chi connectivity index (χ1v) is 10.7. The molecule has 8 heteroatoms. The van der Waals surface area contributed by atoms with Gasteiger partial charge >= 0.3 is 175 Å². The summed E-state index contributed by atoms with van der Waals surface area (Å²) in [6, 6.07) is 9.18. The number of nitrogens with zero attached hydrogens (tertiary/aromatic N) is 1. The van der Waals surface area contributed by atoms with Gasteiger partial charge in [0.15, 0.2) is 0 Å². The maximum atomic E-state index is 12.4. The molecule has 1 aliphatic rings. The fourth-order valence-corrected chi connectivity index (χ4v) is 5.38. The number of carbonyl (C=O) groups excluding carboxylic acids is 3. The van der Waals surface area contributed by atoms with Crippen molar-refractivity contribution in [2.75, 3.05) is 20.8 Å². The SMILES string of the molecule is CCOC(=O)c1ccccc1[Se]c1cc2c(cn1)CC(C(=O)OC)(C(=O)OC)C2. The molecule has 0 saturated heterocycles. The van der Waals surface area contributed by atoms with Gasteiger partial charge in [0.2, 0.25) is 0 Å². The average molecular weight is 462 g/mol. The number of carbonyl (C=O) groups is 3. The second-order valence-electron chi connectivity index (χ2n) is 6.53. The molecule has 0 spiro atoms. The van der Waals surface area contributed by atoms with E-state index in [2.05, 4.69) is 4.98 Å². The van der Waals surface area contributed by atoms with E-state index in [0.717, 1.165) is 20.2 Å². The van der Waals surface area contributed by atoms with Crippen LogP contribution in [-0.2, 0) is 36.6 Å². The van der Waals surface area contributed by atoms with E-state index in [9.17, 15) is 14.4 Å². The summed E-state index contributed by atoms with van der Waals surface area (Å²) in [5.74, 6) is -1.58. The van der Waals surface area contributed by atoms with Crippen LogP contribution in [0.15, 0.2) is 36.5 Å². The Morgan fingerprint density at radius 3 is 2.38 bits per heavy atom. The number of hydrogen-bond donors (Lipinski definition) is 0. The van der Waals surface area contributed by atoms with E-state index in [1.807, 2.05) is 18.2 Å². The molecule has 2 aromatic rings. The van der Waals surface area contributed by atoms with Crippen LogP contribution in [0.1, 0.15) is 28.4 Å². The van der Waals surface area contributed by atoms with Gasteiger partial charge in [-0.1, -0.05) is 0 Å². The first-order chi connectivity index (χ1) is 13.9. The topological polar surface area (TPSA) is 91.8 Å². The van der Waals surface area contributed by atoms with E-state index < -0.39 is 17.4 Å². The van der Waals surface area contributed by atoms with Crippen molar-refractivity contribution in [3.05, 3.63) is 53.2 Å². The quantitative estimate of drug-likeness (QED) is 0.265. The van der Waals surface area contributed by atoms with Crippen LogP contribution in [0.25, 0.3) is 0 Å². The number of fused-ring (bicyclic) bond motifs is 1. The molecule has 152 valence electrons. The number of aromatic nitrogens is 1.